The first-order valence-corrected chi connectivity index (χ1v) is 9.92. The lowest BCUT2D eigenvalue weighted by molar-refractivity contribution is 0.0999. The van der Waals surface area contributed by atoms with Crippen molar-refractivity contribution in [2.45, 2.75) is 36.9 Å². The fourth-order valence-corrected chi connectivity index (χ4v) is 3.19. The van der Waals surface area contributed by atoms with Crippen molar-refractivity contribution in [3.63, 3.8) is 0 Å². The number of ether oxygens (including phenoxy) is 1. The first-order valence-electron chi connectivity index (χ1n) is 8.94. The fourth-order valence-electron chi connectivity index (χ4n) is 2.32. The van der Waals surface area contributed by atoms with E-state index in [0.717, 1.165) is 16.3 Å². The van der Waals surface area contributed by atoms with Crippen LogP contribution in [0.5, 0.6) is 5.75 Å². The highest BCUT2D eigenvalue weighted by atomic mass is 32.2. The van der Waals surface area contributed by atoms with E-state index >= 15 is 0 Å². The minimum Gasteiger partial charge on any atom is -0.491 e. The SMILES string of the molecule is C#CCc1ccccc1OCC(O)CNC(C)(C)CSc1ccc(NN)nn1. The predicted octanol–water partition coefficient (Wildman–Crippen LogP) is 1.84. The summed E-state index contributed by atoms with van der Waals surface area (Å²) in [5, 5.41) is 22.5. The number of para-hydroxylation sites is 1. The third-order valence-corrected chi connectivity index (χ3v) is 5.26. The van der Waals surface area contributed by atoms with Crippen LogP contribution in [0.3, 0.4) is 0 Å². The molecule has 0 aliphatic carbocycles. The molecule has 1 aromatic carbocycles. The van der Waals surface area contributed by atoms with Crippen LogP contribution in [0.1, 0.15) is 19.4 Å². The Kier molecular flexibility index (Phi) is 8.54. The lowest BCUT2D eigenvalue weighted by Gasteiger charge is -2.27. The molecule has 0 saturated heterocycles. The summed E-state index contributed by atoms with van der Waals surface area (Å²) >= 11 is 1.58. The van der Waals surface area contributed by atoms with Gasteiger partial charge in [-0.15, -0.1) is 34.3 Å². The normalized spacial score (nSPS) is 12.2. The zero-order valence-corrected chi connectivity index (χ0v) is 17.0. The summed E-state index contributed by atoms with van der Waals surface area (Å²) in [6, 6.07) is 11.2. The van der Waals surface area contributed by atoms with Crippen molar-refractivity contribution in [1.82, 2.24) is 15.5 Å². The number of thioether (sulfide) groups is 1. The number of hydrogen-bond donors (Lipinski definition) is 4. The maximum Gasteiger partial charge on any atom is 0.162 e. The highest BCUT2D eigenvalue weighted by molar-refractivity contribution is 7.99. The molecule has 7 nitrogen and oxygen atoms in total. The van der Waals surface area contributed by atoms with Crippen LogP contribution < -0.4 is 21.3 Å². The molecule has 0 aliphatic rings. The number of nitrogens with one attached hydrogen (secondary N) is 2. The van der Waals surface area contributed by atoms with Gasteiger partial charge in [-0.1, -0.05) is 18.2 Å². The molecule has 0 amide bonds. The van der Waals surface area contributed by atoms with Crippen LogP contribution in [0.4, 0.5) is 5.82 Å². The van der Waals surface area contributed by atoms with E-state index in [4.69, 9.17) is 17.0 Å². The van der Waals surface area contributed by atoms with Crippen LogP contribution in [0, 0.1) is 12.3 Å². The third-order valence-electron chi connectivity index (χ3n) is 3.88. The van der Waals surface area contributed by atoms with Crippen LogP contribution in [-0.4, -0.2) is 45.9 Å². The van der Waals surface area contributed by atoms with E-state index in [0.29, 0.717) is 24.5 Å². The minimum atomic E-state index is -0.641. The van der Waals surface area contributed by atoms with Gasteiger partial charge < -0.3 is 20.6 Å². The molecular formula is C20H27N5O2S. The molecular weight excluding hydrogens is 374 g/mol. The second-order valence-corrected chi connectivity index (χ2v) is 7.90. The molecule has 150 valence electrons. The summed E-state index contributed by atoms with van der Waals surface area (Å²) < 4.78 is 5.74. The summed E-state index contributed by atoms with van der Waals surface area (Å²) in [7, 11) is 0. The molecule has 1 unspecified atom stereocenters. The van der Waals surface area contributed by atoms with Crippen LogP contribution in [0.15, 0.2) is 41.4 Å². The number of benzene rings is 1. The van der Waals surface area contributed by atoms with Gasteiger partial charge in [-0.3, -0.25) is 0 Å². The van der Waals surface area contributed by atoms with Gasteiger partial charge in [-0.05, 0) is 32.0 Å². The molecule has 1 atom stereocenters. The summed E-state index contributed by atoms with van der Waals surface area (Å²) in [5.74, 6) is 9.89. The number of aliphatic hydroxyl groups is 1. The lowest BCUT2D eigenvalue weighted by Crippen LogP contribution is -2.46. The molecule has 0 bridgehead atoms. The molecule has 0 radical (unpaired) electrons. The van der Waals surface area contributed by atoms with Crippen molar-refractivity contribution in [3.05, 3.63) is 42.0 Å². The van der Waals surface area contributed by atoms with E-state index in [2.05, 4.69) is 40.7 Å². The predicted molar refractivity (Wildman–Crippen MR) is 113 cm³/mol. The molecule has 2 aromatic rings. The Balaban J connectivity index is 1.76. The van der Waals surface area contributed by atoms with Gasteiger partial charge in [-0.25, -0.2) is 5.84 Å². The molecule has 0 aliphatic heterocycles. The second kappa shape index (κ2) is 10.9. The Morgan fingerprint density at radius 2 is 2.07 bits per heavy atom. The first-order chi connectivity index (χ1) is 13.4. The molecule has 5 N–H and O–H groups in total. The highest BCUT2D eigenvalue weighted by Gasteiger charge is 2.20. The Bertz CT molecular complexity index is 777. The van der Waals surface area contributed by atoms with Crippen LogP contribution >= 0.6 is 11.8 Å². The number of aromatic nitrogens is 2. The van der Waals surface area contributed by atoms with Crippen LogP contribution in [0.2, 0.25) is 0 Å². The van der Waals surface area contributed by atoms with Crippen LogP contribution in [-0.2, 0) is 6.42 Å². The number of hydrazine groups is 1. The van der Waals surface area contributed by atoms with Gasteiger partial charge in [0.1, 0.15) is 23.5 Å². The van der Waals surface area contributed by atoms with Crippen molar-refractivity contribution in [2.24, 2.45) is 5.84 Å². The van der Waals surface area contributed by atoms with Gasteiger partial charge in [0.05, 0.1) is 0 Å². The maximum atomic E-state index is 10.3. The number of hydrogen-bond acceptors (Lipinski definition) is 8. The number of nitrogen functional groups attached to an aromatic ring is 1. The Morgan fingerprint density at radius 1 is 1.29 bits per heavy atom. The number of anilines is 1. The zero-order valence-electron chi connectivity index (χ0n) is 16.2. The average Bonchev–Trinajstić information content (AvgIpc) is 2.71. The van der Waals surface area contributed by atoms with E-state index in [1.165, 1.54) is 0 Å². The smallest absolute Gasteiger partial charge is 0.162 e. The first kappa shape index (κ1) is 22.0. The second-order valence-electron chi connectivity index (χ2n) is 6.91. The van der Waals surface area contributed by atoms with Crippen molar-refractivity contribution in [3.8, 4) is 18.1 Å². The third kappa shape index (κ3) is 7.37. The number of β-amino-alcohol motifs (C(OH)–C–C–N with tert-alkyl or cyclic N) is 1. The maximum absolute atomic E-state index is 10.3. The zero-order chi connectivity index (χ0) is 20.4. The van der Waals surface area contributed by atoms with E-state index in [1.807, 2.05) is 30.3 Å². The molecule has 1 aromatic heterocycles. The summed E-state index contributed by atoms with van der Waals surface area (Å²) in [4.78, 5) is 0. The molecule has 0 saturated carbocycles. The van der Waals surface area contributed by atoms with Crippen LogP contribution in [0.25, 0.3) is 0 Å². The number of rotatable bonds is 11. The van der Waals surface area contributed by atoms with Gasteiger partial charge in [0, 0.05) is 29.8 Å². The number of terminal acetylenes is 1. The van der Waals surface area contributed by atoms with Gasteiger partial charge in [0.15, 0.2) is 5.82 Å². The monoisotopic (exact) mass is 401 g/mol. The van der Waals surface area contributed by atoms with E-state index < -0.39 is 6.10 Å². The fraction of sp³-hybridized carbons (Fsp3) is 0.400. The quantitative estimate of drug-likeness (QED) is 0.196. The minimum absolute atomic E-state index is 0.191. The number of aliphatic hydroxyl groups excluding tert-OH is 1. The summed E-state index contributed by atoms with van der Waals surface area (Å²) in [5.41, 5.74) is 3.18. The van der Waals surface area contributed by atoms with Gasteiger partial charge >= 0.3 is 0 Å². The molecule has 1 heterocycles. The summed E-state index contributed by atoms with van der Waals surface area (Å²) in [6.07, 6.45) is 5.24. The molecule has 8 heteroatoms. The Labute approximate surface area is 170 Å². The van der Waals surface area contributed by atoms with Crippen molar-refractivity contribution in [2.75, 3.05) is 24.3 Å². The van der Waals surface area contributed by atoms with E-state index in [-0.39, 0.29) is 12.1 Å². The van der Waals surface area contributed by atoms with Crippen molar-refractivity contribution < 1.29 is 9.84 Å². The standard InChI is InChI=1S/C20H27N5O2S/c1-4-7-15-8-5-6-9-17(15)27-13-16(26)12-22-20(2,3)14-28-19-11-10-18(23-21)24-25-19/h1,5-6,8-11,16,22,26H,7,12-14,21H2,2-3H3,(H,23,24). The molecule has 0 spiro atoms. The van der Waals surface area contributed by atoms with Crippen molar-refractivity contribution >= 4 is 17.6 Å². The van der Waals surface area contributed by atoms with E-state index in [1.54, 1.807) is 17.8 Å². The largest absolute Gasteiger partial charge is 0.491 e. The van der Waals surface area contributed by atoms with E-state index in [9.17, 15) is 5.11 Å². The Hall–Kier alpha value is -2.31. The van der Waals surface area contributed by atoms with Gasteiger partial charge in [0.25, 0.3) is 0 Å². The molecule has 2 rings (SSSR count). The van der Waals surface area contributed by atoms with Crippen molar-refractivity contribution in [1.29, 1.82) is 0 Å². The number of nitrogens with two attached hydrogens (primary N) is 1. The lowest BCUT2D eigenvalue weighted by atomic mass is 10.1. The molecule has 0 fully saturated rings. The average molecular weight is 402 g/mol. The Morgan fingerprint density at radius 3 is 2.75 bits per heavy atom. The van der Waals surface area contributed by atoms with Gasteiger partial charge in [0.2, 0.25) is 0 Å². The van der Waals surface area contributed by atoms with Gasteiger partial charge in [-0.2, -0.15) is 0 Å². The highest BCUT2D eigenvalue weighted by Crippen LogP contribution is 2.21. The number of nitrogens with zero attached hydrogens (tertiary/aromatic N) is 2. The summed E-state index contributed by atoms with van der Waals surface area (Å²) in [6.45, 7) is 4.74. The molecule has 28 heavy (non-hydrogen) atoms. The topological polar surface area (TPSA) is 105 Å².